The molecule has 0 radical (unpaired) electrons. The van der Waals surface area contributed by atoms with Crippen LogP contribution in [0.1, 0.15) is 5.56 Å². The van der Waals surface area contributed by atoms with Crippen LogP contribution in [0.2, 0.25) is 0 Å². The molecule has 2 aromatic carbocycles. The highest BCUT2D eigenvalue weighted by Gasteiger charge is 2.33. The van der Waals surface area contributed by atoms with Crippen LogP contribution in [0.15, 0.2) is 59.5 Å². The van der Waals surface area contributed by atoms with Crippen molar-refractivity contribution in [2.45, 2.75) is 11.8 Å². The van der Waals surface area contributed by atoms with E-state index in [-0.39, 0.29) is 13.1 Å². The van der Waals surface area contributed by atoms with Crippen LogP contribution in [0, 0.1) is 18.6 Å². The van der Waals surface area contributed by atoms with E-state index in [0.717, 1.165) is 39.3 Å². The lowest BCUT2D eigenvalue weighted by molar-refractivity contribution is 0.377. The first kappa shape index (κ1) is 20.4. The summed E-state index contributed by atoms with van der Waals surface area (Å²) in [7, 11) is -4.26. The van der Waals surface area contributed by atoms with E-state index >= 15 is 0 Å². The van der Waals surface area contributed by atoms with Gasteiger partial charge in [-0.1, -0.05) is 30.3 Å². The molecule has 0 bridgehead atoms. The third-order valence-corrected chi connectivity index (χ3v) is 7.10. The molecule has 2 heterocycles. The summed E-state index contributed by atoms with van der Waals surface area (Å²) in [5.74, 6) is -1.55. The fourth-order valence-corrected chi connectivity index (χ4v) is 5.04. The summed E-state index contributed by atoms with van der Waals surface area (Å²) in [5, 5.41) is 8.58. The Morgan fingerprint density at radius 3 is 2.10 bits per heavy atom. The number of hydrogen-bond donors (Lipinski definition) is 0. The van der Waals surface area contributed by atoms with E-state index in [0.29, 0.717) is 18.9 Å². The number of sulfonamides is 1. The molecule has 0 aliphatic carbocycles. The average Bonchev–Trinajstić information content (AvgIpc) is 2.74. The minimum atomic E-state index is -4.26. The molecule has 0 spiro atoms. The minimum Gasteiger partial charge on any atom is -0.352 e. The Morgan fingerprint density at radius 1 is 0.833 bits per heavy atom. The zero-order chi connectivity index (χ0) is 21.3. The van der Waals surface area contributed by atoms with Crippen molar-refractivity contribution in [1.29, 1.82) is 0 Å². The summed E-state index contributed by atoms with van der Waals surface area (Å²) in [6.45, 7) is 2.87. The largest absolute Gasteiger partial charge is 0.352 e. The fourth-order valence-electron chi connectivity index (χ4n) is 3.51. The van der Waals surface area contributed by atoms with Gasteiger partial charge in [-0.15, -0.1) is 10.2 Å². The highest BCUT2D eigenvalue weighted by molar-refractivity contribution is 7.89. The number of aromatic nitrogens is 2. The molecule has 30 heavy (non-hydrogen) atoms. The van der Waals surface area contributed by atoms with Gasteiger partial charge in [0.15, 0.2) is 10.7 Å². The summed E-state index contributed by atoms with van der Waals surface area (Å²) < 4.78 is 54.5. The van der Waals surface area contributed by atoms with Gasteiger partial charge in [0, 0.05) is 31.7 Å². The Balaban J connectivity index is 1.48. The SMILES string of the molecule is Cc1ccccc1-c1ccc(N2CCN(S(=O)(=O)c3c(F)cccc3F)CC2)nn1. The Morgan fingerprint density at radius 2 is 1.50 bits per heavy atom. The number of hydrogen-bond acceptors (Lipinski definition) is 5. The lowest BCUT2D eigenvalue weighted by Gasteiger charge is -2.34. The Labute approximate surface area is 173 Å². The zero-order valence-electron chi connectivity index (χ0n) is 16.3. The molecule has 1 aromatic heterocycles. The highest BCUT2D eigenvalue weighted by Crippen LogP contribution is 2.25. The van der Waals surface area contributed by atoms with Crippen molar-refractivity contribution in [3.05, 3.63) is 71.8 Å². The summed E-state index contributed by atoms with van der Waals surface area (Å²) in [4.78, 5) is 0.999. The smallest absolute Gasteiger partial charge is 0.249 e. The maximum atomic E-state index is 14.0. The van der Waals surface area contributed by atoms with E-state index in [9.17, 15) is 17.2 Å². The Bertz CT molecular complexity index is 1140. The molecule has 4 rings (SSSR count). The van der Waals surface area contributed by atoms with E-state index in [2.05, 4.69) is 10.2 Å². The number of piperazine rings is 1. The van der Waals surface area contributed by atoms with Crippen LogP contribution in [0.5, 0.6) is 0 Å². The van der Waals surface area contributed by atoms with Crippen molar-refractivity contribution in [2.24, 2.45) is 0 Å². The standard InChI is InChI=1S/C21H20F2N4O2S/c1-15-5-2-3-6-16(15)19-9-10-20(25-24-19)26-11-13-27(14-12-26)30(28,29)21-17(22)7-4-8-18(21)23/h2-10H,11-14H2,1H3. The topological polar surface area (TPSA) is 66.4 Å². The van der Waals surface area contributed by atoms with E-state index < -0.39 is 26.6 Å². The molecule has 0 saturated carbocycles. The van der Waals surface area contributed by atoms with Crippen molar-refractivity contribution in [1.82, 2.24) is 14.5 Å². The maximum Gasteiger partial charge on any atom is 0.249 e. The van der Waals surface area contributed by atoms with Gasteiger partial charge in [0.05, 0.1) is 5.69 Å². The molecule has 1 fully saturated rings. The molecular formula is C21H20F2N4O2S. The molecule has 1 saturated heterocycles. The van der Waals surface area contributed by atoms with Crippen molar-refractivity contribution < 1.29 is 17.2 Å². The first-order valence-corrected chi connectivity index (χ1v) is 10.9. The fraction of sp³-hybridized carbons (Fsp3) is 0.238. The molecule has 156 valence electrons. The third kappa shape index (κ3) is 3.78. The van der Waals surface area contributed by atoms with Gasteiger partial charge in [-0.3, -0.25) is 0 Å². The number of anilines is 1. The number of nitrogens with zero attached hydrogens (tertiary/aromatic N) is 4. The Kier molecular flexibility index (Phi) is 5.48. The van der Waals surface area contributed by atoms with Crippen LogP contribution in [-0.2, 0) is 10.0 Å². The summed E-state index contributed by atoms with van der Waals surface area (Å²) in [5.41, 5.74) is 2.85. The van der Waals surface area contributed by atoms with E-state index in [1.165, 1.54) is 0 Å². The van der Waals surface area contributed by atoms with E-state index in [4.69, 9.17) is 0 Å². The number of rotatable bonds is 4. The number of aryl methyl sites for hydroxylation is 1. The molecule has 0 atom stereocenters. The average molecular weight is 430 g/mol. The van der Waals surface area contributed by atoms with Crippen LogP contribution in [0.4, 0.5) is 14.6 Å². The van der Waals surface area contributed by atoms with E-state index in [1.807, 2.05) is 48.2 Å². The normalized spacial score (nSPS) is 15.4. The molecule has 0 unspecified atom stereocenters. The molecular weight excluding hydrogens is 410 g/mol. The van der Waals surface area contributed by atoms with E-state index in [1.54, 1.807) is 0 Å². The van der Waals surface area contributed by atoms with Crippen molar-refractivity contribution >= 4 is 15.8 Å². The number of halogens is 2. The summed E-state index contributed by atoms with van der Waals surface area (Å²) in [6.07, 6.45) is 0. The van der Waals surface area contributed by atoms with Crippen LogP contribution in [-0.4, -0.2) is 49.1 Å². The van der Waals surface area contributed by atoms with Gasteiger partial charge < -0.3 is 4.90 Å². The van der Waals surface area contributed by atoms with Crippen LogP contribution < -0.4 is 4.90 Å². The van der Waals surface area contributed by atoms with Gasteiger partial charge in [-0.25, -0.2) is 17.2 Å². The van der Waals surface area contributed by atoms with Gasteiger partial charge in [0.25, 0.3) is 0 Å². The molecule has 3 aromatic rings. The molecule has 0 N–H and O–H groups in total. The summed E-state index contributed by atoms with van der Waals surface area (Å²) >= 11 is 0. The lowest BCUT2D eigenvalue weighted by Crippen LogP contribution is -2.49. The van der Waals surface area contributed by atoms with Gasteiger partial charge in [-0.05, 0) is 36.8 Å². The van der Waals surface area contributed by atoms with Crippen molar-refractivity contribution in [3.63, 3.8) is 0 Å². The monoisotopic (exact) mass is 430 g/mol. The molecule has 9 heteroatoms. The van der Waals surface area contributed by atoms with Crippen LogP contribution in [0.3, 0.4) is 0 Å². The van der Waals surface area contributed by atoms with Gasteiger partial charge in [0.1, 0.15) is 11.6 Å². The first-order chi connectivity index (χ1) is 14.4. The second-order valence-electron chi connectivity index (χ2n) is 7.03. The third-order valence-electron chi connectivity index (χ3n) is 5.15. The first-order valence-electron chi connectivity index (χ1n) is 9.47. The lowest BCUT2D eigenvalue weighted by atomic mass is 10.1. The highest BCUT2D eigenvalue weighted by atomic mass is 32.2. The van der Waals surface area contributed by atoms with Crippen molar-refractivity contribution in [2.75, 3.05) is 31.1 Å². The quantitative estimate of drug-likeness (QED) is 0.636. The van der Waals surface area contributed by atoms with Gasteiger partial charge in [0.2, 0.25) is 10.0 Å². The van der Waals surface area contributed by atoms with Gasteiger partial charge >= 0.3 is 0 Å². The molecule has 6 nitrogen and oxygen atoms in total. The van der Waals surface area contributed by atoms with Crippen LogP contribution >= 0.6 is 0 Å². The van der Waals surface area contributed by atoms with Crippen molar-refractivity contribution in [3.8, 4) is 11.3 Å². The second-order valence-corrected chi connectivity index (χ2v) is 8.91. The zero-order valence-corrected chi connectivity index (χ0v) is 17.1. The number of benzene rings is 2. The predicted molar refractivity (Wildman–Crippen MR) is 110 cm³/mol. The molecule has 0 amide bonds. The predicted octanol–water partition coefficient (Wildman–Crippen LogP) is 3.24. The van der Waals surface area contributed by atoms with Gasteiger partial charge in [-0.2, -0.15) is 4.31 Å². The molecule has 1 aliphatic rings. The minimum absolute atomic E-state index is 0.0946. The van der Waals surface area contributed by atoms with Crippen LogP contribution in [0.25, 0.3) is 11.3 Å². The molecule has 1 aliphatic heterocycles. The second kappa shape index (κ2) is 8.08. The summed E-state index contributed by atoms with van der Waals surface area (Å²) in [6, 6.07) is 14.6. The Hall–Kier alpha value is -2.91. The maximum absolute atomic E-state index is 14.0.